The highest BCUT2D eigenvalue weighted by Gasteiger charge is 2.29. The highest BCUT2D eigenvalue weighted by atomic mass is 35.5. The molecule has 0 radical (unpaired) electrons. The van der Waals surface area contributed by atoms with Crippen LogP contribution in [0.15, 0.2) is 24.3 Å². The Morgan fingerprint density at radius 3 is 2.68 bits per heavy atom. The van der Waals surface area contributed by atoms with Crippen LogP contribution in [0.25, 0.3) is 0 Å². The molecule has 3 nitrogen and oxygen atoms in total. The molecular weight excluding hydrogens is 264 g/mol. The second-order valence-corrected chi connectivity index (χ2v) is 5.62. The topological polar surface area (TPSA) is 35.5 Å². The van der Waals surface area contributed by atoms with Crippen LogP contribution in [-0.2, 0) is 9.47 Å². The third-order valence-corrected chi connectivity index (χ3v) is 3.36. The van der Waals surface area contributed by atoms with Gasteiger partial charge >= 0.3 is 5.97 Å². The number of hydrogen-bond acceptors (Lipinski definition) is 3. The number of ether oxygens (including phenoxy) is 2. The van der Waals surface area contributed by atoms with Crippen molar-refractivity contribution in [3.05, 3.63) is 34.9 Å². The summed E-state index contributed by atoms with van der Waals surface area (Å²) in [6.07, 6.45) is -0.245. The van der Waals surface area contributed by atoms with Crippen molar-refractivity contribution in [1.29, 1.82) is 0 Å². The first-order chi connectivity index (χ1) is 8.86. The standard InChI is InChI=1S/C15H21ClO3/c1-5-18-10-15(3,4)11(2)19-14(17)12-7-6-8-13(16)9-12/h6-9,11H,5,10H2,1-4H3. The van der Waals surface area contributed by atoms with Crippen molar-refractivity contribution in [2.45, 2.75) is 33.8 Å². The van der Waals surface area contributed by atoms with Crippen molar-refractivity contribution in [1.82, 2.24) is 0 Å². The van der Waals surface area contributed by atoms with Crippen LogP contribution < -0.4 is 0 Å². The molecule has 1 unspecified atom stereocenters. The van der Waals surface area contributed by atoms with Crippen molar-refractivity contribution >= 4 is 17.6 Å². The number of rotatable bonds is 6. The van der Waals surface area contributed by atoms with E-state index in [9.17, 15) is 4.79 Å². The molecule has 1 aromatic rings. The highest BCUT2D eigenvalue weighted by molar-refractivity contribution is 6.30. The van der Waals surface area contributed by atoms with Gasteiger partial charge in [0.1, 0.15) is 6.10 Å². The molecule has 1 aromatic carbocycles. The number of esters is 1. The Balaban J connectivity index is 2.66. The molecule has 0 bridgehead atoms. The molecule has 1 atom stereocenters. The molecule has 0 spiro atoms. The van der Waals surface area contributed by atoms with Gasteiger partial charge in [0.2, 0.25) is 0 Å². The molecular formula is C15H21ClO3. The lowest BCUT2D eigenvalue weighted by Gasteiger charge is -2.30. The van der Waals surface area contributed by atoms with Gasteiger partial charge in [-0.25, -0.2) is 4.79 Å². The molecule has 0 amide bonds. The summed E-state index contributed by atoms with van der Waals surface area (Å²) < 4.78 is 10.9. The van der Waals surface area contributed by atoms with Gasteiger partial charge in [-0.3, -0.25) is 0 Å². The second kappa shape index (κ2) is 6.92. The Morgan fingerprint density at radius 1 is 1.42 bits per heavy atom. The first-order valence-electron chi connectivity index (χ1n) is 6.41. The molecule has 106 valence electrons. The van der Waals surface area contributed by atoms with Gasteiger partial charge in [0.15, 0.2) is 0 Å². The summed E-state index contributed by atoms with van der Waals surface area (Å²) in [5, 5.41) is 0.524. The zero-order valence-corrected chi connectivity index (χ0v) is 12.7. The summed E-state index contributed by atoms with van der Waals surface area (Å²) in [7, 11) is 0. The first-order valence-corrected chi connectivity index (χ1v) is 6.79. The van der Waals surface area contributed by atoms with Crippen LogP contribution in [0.2, 0.25) is 5.02 Å². The zero-order chi connectivity index (χ0) is 14.5. The number of hydrogen-bond donors (Lipinski definition) is 0. The maximum atomic E-state index is 12.0. The van der Waals surface area contributed by atoms with Crippen molar-refractivity contribution < 1.29 is 14.3 Å². The van der Waals surface area contributed by atoms with Gasteiger partial charge in [-0.05, 0) is 32.0 Å². The van der Waals surface area contributed by atoms with Crippen LogP contribution in [0.3, 0.4) is 0 Å². The smallest absolute Gasteiger partial charge is 0.338 e. The average Bonchev–Trinajstić information content (AvgIpc) is 2.36. The maximum Gasteiger partial charge on any atom is 0.338 e. The lowest BCUT2D eigenvalue weighted by molar-refractivity contribution is -0.0340. The number of carbonyl (C=O) groups is 1. The van der Waals surface area contributed by atoms with Crippen LogP contribution in [0.1, 0.15) is 38.1 Å². The van der Waals surface area contributed by atoms with E-state index in [0.29, 0.717) is 23.8 Å². The summed E-state index contributed by atoms with van der Waals surface area (Å²) in [6.45, 7) is 9.04. The van der Waals surface area contributed by atoms with Crippen LogP contribution in [0.4, 0.5) is 0 Å². The van der Waals surface area contributed by atoms with Gasteiger partial charge in [-0.15, -0.1) is 0 Å². The van der Waals surface area contributed by atoms with E-state index in [-0.39, 0.29) is 17.5 Å². The van der Waals surface area contributed by atoms with Crippen LogP contribution >= 0.6 is 11.6 Å². The molecule has 0 N–H and O–H groups in total. The van der Waals surface area contributed by atoms with E-state index < -0.39 is 0 Å². The van der Waals surface area contributed by atoms with Crippen LogP contribution in [0, 0.1) is 5.41 Å². The molecule has 0 fully saturated rings. The second-order valence-electron chi connectivity index (χ2n) is 5.18. The van der Waals surface area contributed by atoms with Crippen molar-refractivity contribution in [2.75, 3.05) is 13.2 Å². The van der Waals surface area contributed by atoms with E-state index in [2.05, 4.69) is 0 Å². The van der Waals surface area contributed by atoms with Gasteiger partial charge in [-0.1, -0.05) is 31.5 Å². The quantitative estimate of drug-likeness (QED) is 0.742. The van der Waals surface area contributed by atoms with Gasteiger partial charge in [-0.2, -0.15) is 0 Å². The largest absolute Gasteiger partial charge is 0.458 e. The minimum absolute atomic E-state index is 0.232. The van der Waals surface area contributed by atoms with Crippen LogP contribution in [0.5, 0.6) is 0 Å². The molecule has 0 aliphatic carbocycles. The number of carbonyl (C=O) groups excluding carboxylic acids is 1. The number of benzene rings is 1. The Hall–Kier alpha value is -1.06. The van der Waals surface area contributed by atoms with Crippen molar-refractivity contribution in [3.8, 4) is 0 Å². The fourth-order valence-electron chi connectivity index (χ4n) is 1.49. The molecule has 1 rings (SSSR count). The number of halogens is 1. The minimum atomic E-state index is -0.362. The Morgan fingerprint density at radius 2 is 2.11 bits per heavy atom. The molecule has 0 aromatic heterocycles. The monoisotopic (exact) mass is 284 g/mol. The fraction of sp³-hybridized carbons (Fsp3) is 0.533. The normalized spacial score (nSPS) is 13.1. The summed E-state index contributed by atoms with van der Waals surface area (Å²) in [5.74, 6) is -0.362. The van der Waals surface area contributed by atoms with Gasteiger partial charge in [0.05, 0.1) is 12.2 Å². The van der Waals surface area contributed by atoms with E-state index in [1.165, 1.54) is 0 Å². The molecule has 0 aliphatic heterocycles. The molecule has 0 saturated heterocycles. The predicted octanol–water partition coefficient (Wildman–Crippen LogP) is 3.95. The van der Waals surface area contributed by atoms with E-state index in [1.807, 2.05) is 27.7 Å². The van der Waals surface area contributed by atoms with Gasteiger partial charge in [0.25, 0.3) is 0 Å². The third-order valence-electron chi connectivity index (χ3n) is 3.12. The summed E-state index contributed by atoms with van der Waals surface area (Å²) in [5.41, 5.74) is 0.233. The Labute approximate surface area is 119 Å². The Kier molecular flexibility index (Phi) is 5.83. The minimum Gasteiger partial charge on any atom is -0.458 e. The Bertz CT molecular complexity index is 429. The van der Waals surface area contributed by atoms with Gasteiger partial charge in [0, 0.05) is 17.0 Å². The summed E-state index contributed by atoms with van der Waals surface area (Å²) in [6, 6.07) is 6.75. The third kappa shape index (κ3) is 4.84. The highest BCUT2D eigenvalue weighted by Crippen LogP contribution is 2.25. The molecule has 4 heteroatoms. The average molecular weight is 285 g/mol. The molecule has 0 heterocycles. The van der Waals surface area contributed by atoms with E-state index in [0.717, 1.165) is 0 Å². The SMILES string of the molecule is CCOCC(C)(C)C(C)OC(=O)c1cccc(Cl)c1. The van der Waals surface area contributed by atoms with Crippen molar-refractivity contribution in [2.24, 2.45) is 5.41 Å². The van der Waals surface area contributed by atoms with Crippen LogP contribution in [-0.4, -0.2) is 25.3 Å². The molecule has 19 heavy (non-hydrogen) atoms. The van der Waals surface area contributed by atoms with E-state index >= 15 is 0 Å². The van der Waals surface area contributed by atoms with Crippen molar-refractivity contribution in [3.63, 3.8) is 0 Å². The van der Waals surface area contributed by atoms with Gasteiger partial charge < -0.3 is 9.47 Å². The molecule has 0 saturated carbocycles. The zero-order valence-electron chi connectivity index (χ0n) is 11.9. The summed E-state index contributed by atoms with van der Waals surface area (Å²) in [4.78, 5) is 12.0. The molecule has 0 aliphatic rings. The first kappa shape index (κ1) is 16.0. The summed E-state index contributed by atoms with van der Waals surface area (Å²) >= 11 is 5.86. The van der Waals surface area contributed by atoms with E-state index in [4.69, 9.17) is 21.1 Å². The predicted molar refractivity (Wildman–Crippen MR) is 76.6 cm³/mol. The lowest BCUT2D eigenvalue weighted by Crippen LogP contribution is -2.35. The fourth-order valence-corrected chi connectivity index (χ4v) is 1.68. The maximum absolute atomic E-state index is 12.0. The van der Waals surface area contributed by atoms with E-state index in [1.54, 1.807) is 24.3 Å². The lowest BCUT2D eigenvalue weighted by atomic mass is 9.88.